The third-order valence-electron chi connectivity index (χ3n) is 4.27. The van der Waals surface area contributed by atoms with Crippen LogP contribution in [0.2, 0.25) is 0 Å². The lowest BCUT2D eigenvalue weighted by atomic mass is 9.96. The van der Waals surface area contributed by atoms with Crippen LogP contribution in [0.1, 0.15) is 90.4 Å². The topological polar surface area (TPSA) is 66.8 Å². The van der Waals surface area contributed by atoms with Crippen molar-refractivity contribution < 1.29 is 19.7 Å². The van der Waals surface area contributed by atoms with Crippen LogP contribution in [0.4, 0.5) is 0 Å². The predicted molar refractivity (Wildman–Crippen MR) is 89.7 cm³/mol. The Balaban J connectivity index is 3.41. The van der Waals surface area contributed by atoms with Crippen molar-refractivity contribution in [2.24, 2.45) is 0 Å². The fourth-order valence-electron chi connectivity index (χ4n) is 2.69. The Morgan fingerprint density at radius 2 is 1.27 bits per heavy atom. The quantitative estimate of drug-likeness (QED) is 0.354. The summed E-state index contributed by atoms with van der Waals surface area (Å²) in [5.74, 6) is -0.738. The Labute approximate surface area is 136 Å². The molecule has 0 aromatic rings. The molecule has 0 aliphatic heterocycles. The minimum absolute atomic E-state index is 0.271. The van der Waals surface area contributed by atoms with Crippen molar-refractivity contribution in [1.29, 1.82) is 0 Å². The van der Waals surface area contributed by atoms with Gasteiger partial charge >= 0.3 is 5.97 Å². The fraction of sp³-hybridized carbons (Fsp3) is 0.944. The lowest BCUT2D eigenvalue weighted by Gasteiger charge is -2.22. The number of hydrogen-bond donors (Lipinski definition) is 2. The molecule has 0 heterocycles. The zero-order valence-electron chi connectivity index (χ0n) is 14.6. The van der Waals surface area contributed by atoms with Crippen LogP contribution in [0, 0.1) is 0 Å². The van der Waals surface area contributed by atoms with E-state index in [9.17, 15) is 9.90 Å². The minimum atomic E-state index is -1.72. The predicted octanol–water partition coefficient (Wildman–Crippen LogP) is 3.97. The number of aliphatic hydroxyl groups excluding tert-OH is 1. The molecule has 0 aromatic heterocycles. The second-order valence-electron chi connectivity index (χ2n) is 6.32. The molecule has 0 radical (unpaired) electrons. The molecule has 4 heteroatoms. The average molecular weight is 316 g/mol. The highest BCUT2D eigenvalue weighted by molar-refractivity contribution is 5.79. The van der Waals surface area contributed by atoms with Gasteiger partial charge in [0.05, 0.1) is 13.7 Å². The SMILES string of the molecule is CCCCCCCCCCCCCC[C@@](O)(CO)C(=O)OC. The highest BCUT2D eigenvalue weighted by Gasteiger charge is 2.35. The number of esters is 1. The summed E-state index contributed by atoms with van der Waals surface area (Å²) >= 11 is 0. The van der Waals surface area contributed by atoms with Gasteiger partial charge < -0.3 is 14.9 Å². The molecular formula is C18H36O4. The van der Waals surface area contributed by atoms with Gasteiger partial charge in [0.1, 0.15) is 0 Å². The van der Waals surface area contributed by atoms with Gasteiger partial charge in [-0.25, -0.2) is 4.79 Å². The molecule has 0 rings (SSSR count). The van der Waals surface area contributed by atoms with E-state index < -0.39 is 18.2 Å². The average Bonchev–Trinajstić information content (AvgIpc) is 2.54. The molecule has 0 bridgehead atoms. The number of methoxy groups -OCH3 is 1. The molecule has 0 fully saturated rings. The maximum absolute atomic E-state index is 11.4. The van der Waals surface area contributed by atoms with Gasteiger partial charge in [-0.3, -0.25) is 0 Å². The van der Waals surface area contributed by atoms with E-state index in [0.29, 0.717) is 0 Å². The zero-order chi connectivity index (χ0) is 16.7. The van der Waals surface area contributed by atoms with Crippen molar-refractivity contribution >= 4 is 5.97 Å². The van der Waals surface area contributed by atoms with E-state index in [-0.39, 0.29) is 6.42 Å². The normalized spacial score (nSPS) is 13.8. The van der Waals surface area contributed by atoms with Crippen LogP contribution in [0.25, 0.3) is 0 Å². The van der Waals surface area contributed by atoms with Crippen LogP contribution in [0.5, 0.6) is 0 Å². The first-order valence-electron chi connectivity index (χ1n) is 9.02. The maximum Gasteiger partial charge on any atom is 0.340 e. The van der Waals surface area contributed by atoms with E-state index in [4.69, 9.17) is 5.11 Å². The van der Waals surface area contributed by atoms with E-state index in [1.54, 1.807) is 0 Å². The van der Waals surface area contributed by atoms with Crippen molar-refractivity contribution in [3.05, 3.63) is 0 Å². The molecule has 0 amide bonds. The summed E-state index contributed by atoms with van der Waals surface area (Å²) in [4.78, 5) is 11.4. The molecule has 0 aromatic carbocycles. The third kappa shape index (κ3) is 10.2. The molecule has 0 saturated carbocycles. The molecule has 1 atom stereocenters. The Morgan fingerprint density at radius 3 is 1.64 bits per heavy atom. The van der Waals surface area contributed by atoms with Crippen molar-refractivity contribution in [1.82, 2.24) is 0 Å². The van der Waals surface area contributed by atoms with Gasteiger partial charge in [0.2, 0.25) is 0 Å². The van der Waals surface area contributed by atoms with Gasteiger partial charge in [-0.15, -0.1) is 0 Å². The first kappa shape index (κ1) is 21.4. The van der Waals surface area contributed by atoms with Crippen LogP contribution < -0.4 is 0 Å². The third-order valence-corrected chi connectivity index (χ3v) is 4.27. The number of rotatable bonds is 15. The molecule has 0 aliphatic rings. The first-order valence-corrected chi connectivity index (χ1v) is 9.02. The number of ether oxygens (including phenoxy) is 1. The molecular weight excluding hydrogens is 280 g/mol. The second-order valence-corrected chi connectivity index (χ2v) is 6.32. The van der Waals surface area contributed by atoms with Crippen LogP contribution in [0.3, 0.4) is 0 Å². The van der Waals surface area contributed by atoms with Gasteiger partial charge in [0, 0.05) is 0 Å². The number of unbranched alkanes of at least 4 members (excludes halogenated alkanes) is 11. The molecule has 0 unspecified atom stereocenters. The Kier molecular flexibility index (Phi) is 13.6. The molecule has 0 aliphatic carbocycles. The van der Waals surface area contributed by atoms with Crippen LogP contribution in [-0.2, 0) is 9.53 Å². The smallest absolute Gasteiger partial charge is 0.340 e. The van der Waals surface area contributed by atoms with Gasteiger partial charge in [-0.1, -0.05) is 77.6 Å². The molecule has 132 valence electrons. The lowest BCUT2D eigenvalue weighted by molar-refractivity contribution is -0.167. The molecule has 22 heavy (non-hydrogen) atoms. The summed E-state index contributed by atoms with van der Waals surface area (Å²) in [7, 11) is 1.23. The Hall–Kier alpha value is -0.610. The number of carbonyl (C=O) groups excluding carboxylic acids is 1. The molecule has 0 saturated heterocycles. The van der Waals surface area contributed by atoms with E-state index in [1.807, 2.05) is 0 Å². The summed E-state index contributed by atoms with van der Waals surface area (Å²) < 4.78 is 4.51. The van der Waals surface area contributed by atoms with Gasteiger partial charge in [0.15, 0.2) is 5.60 Å². The van der Waals surface area contributed by atoms with Crippen molar-refractivity contribution in [2.75, 3.05) is 13.7 Å². The van der Waals surface area contributed by atoms with Crippen molar-refractivity contribution in [3.8, 4) is 0 Å². The van der Waals surface area contributed by atoms with Crippen LogP contribution in [-0.4, -0.2) is 35.5 Å². The summed E-state index contributed by atoms with van der Waals surface area (Å²) in [6, 6.07) is 0. The molecule has 2 N–H and O–H groups in total. The largest absolute Gasteiger partial charge is 0.467 e. The Bertz CT molecular complexity index is 268. The summed E-state index contributed by atoms with van der Waals surface area (Å²) in [6.45, 7) is 1.67. The van der Waals surface area contributed by atoms with E-state index >= 15 is 0 Å². The van der Waals surface area contributed by atoms with Crippen LogP contribution >= 0.6 is 0 Å². The van der Waals surface area contributed by atoms with Crippen LogP contribution in [0.15, 0.2) is 0 Å². The Morgan fingerprint density at radius 1 is 0.864 bits per heavy atom. The summed E-state index contributed by atoms with van der Waals surface area (Å²) in [6.07, 6.45) is 15.1. The second kappa shape index (κ2) is 14.0. The number of carbonyl (C=O) groups is 1. The number of hydrogen-bond acceptors (Lipinski definition) is 4. The highest BCUT2D eigenvalue weighted by atomic mass is 16.5. The standard InChI is InChI=1S/C18H36O4/c1-3-4-5-6-7-8-9-10-11-12-13-14-15-18(21,16-19)17(20)22-2/h19,21H,3-16H2,1-2H3/t18-/m1/s1. The van der Waals surface area contributed by atoms with E-state index in [2.05, 4.69) is 11.7 Å². The molecule has 4 nitrogen and oxygen atoms in total. The molecule has 0 spiro atoms. The summed E-state index contributed by atoms with van der Waals surface area (Å²) in [5.41, 5.74) is -1.72. The van der Waals surface area contributed by atoms with Crippen molar-refractivity contribution in [2.45, 2.75) is 96.0 Å². The van der Waals surface area contributed by atoms with E-state index in [0.717, 1.165) is 19.3 Å². The van der Waals surface area contributed by atoms with Crippen molar-refractivity contribution in [3.63, 3.8) is 0 Å². The van der Waals surface area contributed by atoms with Gasteiger partial charge in [-0.2, -0.15) is 0 Å². The fourth-order valence-corrected chi connectivity index (χ4v) is 2.69. The lowest BCUT2D eigenvalue weighted by Crippen LogP contribution is -2.43. The maximum atomic E-state index is 11.4. The number of aliphatic hydroxyl groups is 2. The van der Waals surface area contributed by atoms with Gasteiger partial charge in [0.25, 0.3) is 0 Å². The highest BCUT2D eigenvalue weighted by Crippen LogP contribution is 2.18. The minimum Gasteiger partial charge on any atom is -0.467 e. The first-order chi connectivity index (χ1) is 10.6. The van der Waals surface area contributed by atoms with E-state index in [1.165, 1.54) is 64.9 Å². The monoisotopic (exact) mass is 316 g/mol. The summed E-state index contributed by atoms with van der Waals surface area (Å²) in [5, 5.41) is 19.0. The van der Waals surface area contributed by atoms with Gasteiger partial charge in [-0.05, 0) is 12.8 Å². The zero-order valence-corrected chi connectivity index (χ0v) is 14.6.